The summed E-state index contributed by atoms with van der Waals surface area (Å²) in [4.78, 5) is 1.91. The van der Waals surface area contributed by atoms with E-state index in [2.05, 4.69) is 25.7 Å². The number of piperidine rings is 1. The Morgan fingerprint density at radius 1 is 1.25 bits per heavy atom. The predicted molar refractivity (Wildman–Crippen MR) is 121 cm³/mol. The van der Waals surface area contributed by atoms with Crippen LogP contribution in [0.2, 0.25) is 0 Å². The van der Waals surface area contributed by atoms with Gasteiger partial charge in [-0.2, -0.15) is 5.10 Å². The number of alkyl halides is 1. The molecule has 10 heteroatoms. The molecule has 3 aromatic rings. The largest absolute Gasteiger partial charge is 0.507 e. The first-order chi connectivity index (χ1) is 15.4. The van der Waals surface area contributed by atoms with Gasteiger partial charge in [-0.3, -0.25) is 0 Å². The first kappa shape index (κ1) is 21.0. The van der Waals surface area contributed by atoms with Crippen LogP contribution < -0.4 is 15.0 Å². The minimum Gasteiger partial charge on any atom is -0.507 e. The number of halogens is 1. The molecule has 2 aromatic heterocycles. The van der Waals surface area contributed by atoms with Gasteiger partial charge < -0.3 is 20.1 Å². The Bertz CT molecular complexity index is 1140. The molecule has 2 bridgehead atoms. The number of ether oxygens (including phenoxy) is 1. The Kier molecular flexibility index (Phi) is 5.21. The van der Waals surface area contributed by atoms with E-state index in [-0.39, 0.29) is 11.8 Å². The second-order valence-corrected chi connectivity index (χ2v) is 9.68. The van der Waals surface area contributed by atoms with E-state index in [1.54, 1.807) is 24.4 Å². The molecule has 5 rings (SSSR count). The lowest BCUT2D eigenvalue weighted by Crippen LogP contribution is -2.62. The number of aromatic nitrogens is 4. The quantitative estimate of drug-likeness (QED) is 0.603. The van der Waals surface area contributed by atoms with Crippen LogP contribution in [0.5, 0.6) is 11.6 Å². The fraction of sp³-hybridized carbons (Fsp3) is 0.455. The molecule has 8 nitrogen and oxygen atoms in total. The third-order valence-electron chi connectivity index (χ3n) is 6.63. The molecular formula is C22H25FN6O2S. The van der Waals surface area contributed by atoms with Crippen LogP contribution in [-0.4, -0.2) is 63.5 Å². The van der Waals surface area contributed by atoms with Crippen LogP contribution in [0.4, 0.5) is 9.52 Å². The molecule has 2 fully saturated rings. The molecule has 0 amide bonds. The molecule has 4 atom stereocenters. The van der Waals surface area contributed by atoms with E-state index in [1.165, 1.54) is 18.4 Å². The minimum atomic E-state index is -0.989. The number of hydrogen-bond acceptors (Lipinski definition) is 9. The highest BCUT2D eigenvalue weighted by Gasteiger charge is 2.51. The van der Waals surface area contributed by atoms with E-state index < -0.39 is 11.7 Å². The van der Waals surface area contributed by atoms with Gasteiger partial charge in [0.25, 0.3) is 0 Å². The molecule has 168 valence electrons. The van der Waals surface area contributed by atoms with Crippen LogP contribution in [0.25, 0.3) is 21.7 Å². The van der Waals surface area contributed by atoms with E-state index in [4.69, 9.17) is 4.74 Å². The van der Waals surface area contributed by atoms with E-state index in [0.29, 0.717) is 27.6 Å². The van der Waals surface area contributed by atoms with Crippen LogP contribution >= 0.6 is 11.3 Å². The number of fused-ring (bicyclic) bond motifs is 2. The molecule has 0 saturated carbocycles. The van der Waals surface area contributed by atoms with Gasteiger partial charge in [-0.25, -0.2) is 4.39 Å². The number of benzene rings is 1. The standard InChI is InChI=1S/C22H25FN6O2S/c1-22-7-6-14(25-22)10-16(19(22)23)29(2)21-28-27-20(32-21)15-5-4-12(8-17(15)30)13-9-18(31-3)26-24-11-13/h4-5,8-9,11,14,16,19,25,30H,6-7,10H2,1-3H3/t14?,16-,19-,22+/m1/s1. The molecule has 0 aliphatic carbocycles. The van der Waals surface area contributed by atoms with E-state index >= 15 is 4.39 Å². The minimum absolute atomic E-state index is 0.0828. The van der Waals surface area contributed by atoms with Gasteiger partial charge >= 0.3 is 0 Å². The Balaban J connectivity index is 1.38. The number of aromatic hydroxyl groups is 1. The highest BCUT2D eigenvalue weighted by atomic mass is 32.1. The zero-order valence-electron chi connectivity index (χ0n) is 18.1. The lowest BCUT2D eigenvalue weighted by molar-refractivity contribution is 0.111. The first-order valence-corrected chi connectivity index (χ1v) is 11.4. The molecular weight excluding hydrogens is 431 g/mol. The van der Waals surface area contributed by atoms with Crippen LogP contribution in [0, 0.1) is 0 Å². The number of nitrogens with zero attached hydrogens (tertiary/aromatic N) is 5. The number of anilines is 1. The Morgan fingerprint density at radius 2 is 2.09 bits per heavy atom. The maximum absolute atomic E-state index is 15.3. The molecule has 2 aliphatic rings. The summed E-state index contributed by atoms with van der Waals surface area (Å²) >= 11 is 1.35. The SMILES string of the molecule is COc1cc(-c2ccc(-c3nnc(N(C)[C@@H]4CC5CC[C@](C)(N5)[C@@H]4F)s3)c(O)c2)cnn1. The Morgan fingerprint density at radius 3 is 2.88 bits per heavy atom. The molecule has 2 aliphatic heterocycles. The van der Waals surface area contributed by atoms with Gasteiger partial charge in [0.15, 0.2) is 5.01 Å². The highest BCUT2D eigenvalue weighted by Crippen LogP contribution is 2.42. The van der Waals surface area contributed by atoms with Crippen molar-refractivity contribution in [2.45, 2.75) is 50.0 Å². The predicted octanol–water partition coefficient (Wildman–Crippen LogP) is 3.43. The van der Waals surface area contributed by atoms with Crippen molar-refractivity contribution in [3.8, 4) is 33.3 Å². The van der Waals surface area contributed by atoms with Gasteiger partial charge in [0, 0.05) is 30.3 Å². The van der Waals surface area contributed by atoms with Crippen molar-refractivity contribution < 1.29 is 14.2 Å². The monoisotopic (exact) mass is 456 g/mol. The van der Waals surface area contributed by atoms with Crippen molar-refractivity contribution in [2.75, 3.05) is 19.1 Å². The van der Waals surface area contributed by atoms with Gasteiger partial charge in [-0.05, 0) is 43.9 Å². The van der Waals surface area contributed by atoms with Crippen molar-refractivity contribution in [3.05, 3.63) is 30.5 Å². The van der Waals surface area contributed by atoms with Crippen LogP contribution in [-0.2, 0) is 0 Å². The fourth-order valence-corrected chi connectivity index (χ4v) is 5.67. The van der Waals surface area contributed by atoms with Gasteiger partial charge in [0.2, 0.25) is 11.0 Å². The fourth-order valence-electron chi connectivity index (χ4n) is 4.77. The normalized spacial score (nSPS) is 26.8. The number of methoxy groups -OCH3 is 1. The van der Waals surface area contributed by atoms with E-state index in [0.717, 1.165) is 30.4 Å². The zero-order chi connectivity index (χ0) is 22.5. The summed E-state index contributed by atoms with van der Waals surface area (Å²) in [6.07, 6.45) is 3.21. The average molecular weight is 457 g/mol. The summed E-state index contributed by atoms with van der Waals surface area (Å²) in [6, 6.07) is 7.16. The van der Waals surface area contributed by atoms with E-state index in [1.807, 2.05) is 24.9 Å². The summed E-state index contributed by atoms with van der Waals surface area (Å²) in [5.41, 5.74) is 1.65. The van der Waals surface area contributed by atoms with Gasteiger partial charge in [0.1, 0.15) is 11.9 Å². The molecule has 0 radical (unpaired) electrons. The van der Waals surface area contributed by atoms with Crippen molar-refractivity contribution in [3.63, 3.8) is 0 Å². The Hall–Kier alpha value is -2.85. The second-order valence-electron chi connectivity index (χ2n) is 8.72. The summed E-state index contributed by atoms with van der Waals surface area (Å²) in [5.74, 6) is 0.480. The summed E-state index contributed by atoms with van der Waals surface area (Å²) in [5, 5.41) is 31.7. The van der Waals surface area contributed by atoms with Crippen LogP contribution in [0.3, 0.4) is 0 Å². The van der Waals surface area contributed by atoms with Gasteiger partial charge in [-0.15, -0.1) is 15.3 Å². The molecule has 0 spiro atoms. The number of rotatable bonds is 5. The number of phenolic OH excluding ortho intramolecular Hbond substituents is 1. The van der Waals surface area contributed by atoms with Crippen LogP contribution in [0.15, 0.2) is 30.5 Å². The molecule has 4 heterocycles. The molecule has 32 heavy (non-hydrogen) atoms. The smallest absolute Gasteiger partial charge is 0.233 e. The Labute approximate surface area is 189 Å². The molecule has 1 aromatic carbocycles. The molecule has 1 unspecified atom stereocenters. The topological polar surface area (TPSA) is 96.3 Å². The average Bonchev–Trinajstić information content (AvgIpc) is 3.41. The second kappa shape index (κ2) is 7.93. The highest BCUT2D eigenvalue weighted by molar-refractivity contribution is 7.18. The number of phenols is 1. The van der Waals surface area contributed by atoms with Crippen molar-refractivity contribution in [1.29, 1.82) is 0 Å². The summed E-state index contributed by atoms with van der Waals surface area (Å²) < 4.78 is 20.4. The van der Waals surface area contributed by atoms with Crippen molar-refractivity contribution >= 4 is 16.5 Å². The van der Waals surface area contributed by atoms with E-state index in [9.17, 15) is 5.11 Å². The third-order valence-corrected chi connectivity index (χ3v) is 7.68. The maximum atomic E-state index is 15.3. The van der Waals surface area contributed by atoms with Crippen molar-refractivity contribution in [2.24, 2.45) is 0 Å². The molecule has 2 saturated heterocycles. The maximum Gasteiger partial charge on any atom is 0.233 e. The number of nitrogens with one attached hydrogen (secondary N) is 1. The zero-order valence-corrected chi connectivity index (χ0v) is 18.9. The number of hydrogen-bond donors (Lipinski definition) is 2. The lowest BCUT2D eigenvalue weighted by Gasteiger charge is -2.43. The first-order valence-electron chi connectivity index (χ1n) is 10.6. The van der Waals surface area contributed by atoms with Crippen molar-refractivity contribution in [1.82, 2.24) is 25.7 Å². The van der Waals surface area contributed by atoms with Crippen LogP contribution in [0.1, 0.15) is 26.2 Å². The summed E-state index contributed by atoms with van der Waals surface area (Å²) in [7, 11) is 3.40. The van der Waals surface area contributed by atoms with Gasteiger partial charge in [-0.1, -0.05) is 17.4 Å². The third kappa shape index (κ3) is 3.57. The summed E-state index contributed by atoms with van der Waals surface area (Å²) in [6.45, 7) is 1.97. The van der Waals surface area contributed by atoms with Gasteiger partial charge in [0.05, 0.1) is 24.9 Å². The lowest BCUT2D eigenvalue weighted by atomic mass is 9.86. The molecule has 2 N–H and O–H groups in total.